The van der Waals surface area contributed by atoms with E-state index in [0.717, 1.165) is 19.7 Å². The molecule has 1 saturated heterocycles. The Morgan fingerprint density at radius 2 is 1.74 bits per heavy atom. The van der Waals surface area contributed by atoms with Gasteiger partial charge >= 0.3 is 0 Å². The second-order valence-corrected chi connectivity index (χ2v) is 12.5. The lowest BCUT2D eigenvalue weighted by Gasteiger charge is -2.26. The standard InChI is InChI=1S/C24H21IN4O3S3/c25-21-5-2-1-4-18(21)16-26-29-22(23-6-3-15-33-23)17-34-24(29)27-19-7-9-20(10-8-19)35(30,31)28-11-13-32-14-12-28/h1-10,15-17H,11-14H2. The molecule has 4 aromatic rings. The molecule has 0 N–H and O–H groups in total. The molecule has 1 fully saturated rings. The van der Waals surface area contributed by atoms with Crippen molar-refractivity contribution < 1.29 is 13.2 Å². The smallest absolute Gasteiger partial charge is 0.243 e. The Kier molecular flexibility index (Phi) is 7.60. The predicted octanol–water partition coefficient (Wildman–Crippen LogP) is 5.02. The van der Waals surface area contributed by atoms with E-state index in [9.17, 15) is 8.42 Å². The number of aromatic nitrogens is 1. The van der Waals surface area contributed by atoms with Crippen LogP contribution in [0.4, 0.5) is 5.69 Å². The van der Waals surface area contributed by atoms with E-state index in [1.807, 2.05) is 52.0 Å². The summed E-state index contributed by atoms with van der Waals surface area (Å²) in [7, 11) is -3.54. The summed E-state index contributed by atoms with van der Waals surface area (Å²) in [6.45, 7) is 1.57. The molecule has 0 amide bonds. The van der Waals surface area contributed by atoms with Crippen LogP contribution in [0.25, 0.3) is 10.6 Å². The minimum absolute atomic E-state index is 0.258. The maximum absolute atomic E-state index is 12.9. The van der Waals surface area contributed by atoms with Crippen LogP contribution in [-0.2, 0) is 14.8 Å². The third kappa shape index (κ3) is 5.49. The number of rotatable bonds is 6. The Morgan fingerprint density at radius 3 is 2.46 bits per heavy atom. The van der Waals surface area contributed by atoms with Gasteiger partial charge in [0.1, 0.15) is 0 Å². The molecule has 2 aromatic heterocycles. The number of nitrogens with zero attached hydrogens (tertiary/aromatic N) is 4. The summed E-state index contributed by atoms with van der Waals surface area (Å²) >= 11 is 5.42. The van der Waals surface area contributed by atoms with Crippen molar-refractivity contribution in [1.29, 1.82) is 0 Å². The molecule has 1 aliphatic rings. The zero-order valence-electron chi connectivity index (χ0n) is 18.5. The van der Waals surface area contributed by atoms with Crippen molar-refractivity contribution in [2.45, 2.75) is 4.90 Å². The molecule has 0 spiro atoms. The van der Waals surface area contributed by atoms with Crippen molar-refractivity contribution >= 4 is 67.2 Å². The minimum atomic E-state index is -3.54. The summed E-state index contributed by atoms with van der Waals surface area (Å²) in [4.78, 5) is 6.83. The Bertz CT molecular complexity index is 1500. The summed E-state index contributed by atoms with van der Waals surface area (Å²) in [5.41, 5.74) is 2.63. The number of benzene rings is 2. The van der Waals surface area contributed by atoms with Gasteiger partial charge in [-0.1, -0.05) is 24.3 Å². The third-order valence-corrected chi connectivity index (χ3v) is 9.95. The fourth-order valence-electron chi connectivity index (χ4n) is 3.52. The molecule has 2 aromatic carbocycles. The van der Waals surface area contributed by atoms with Gasteiger partial charge in [-0.2, -0.15) is 9.41 Å². The Balaban J connectivity index is 1.50. The summed E-state index contributed by atoms with van der Waals surface area (Å²) in [6.07, 6.45) is 1.84. The molecule has 1 aliphatic heterocycles. The maximum atomic E-state index is 12.9. The van der Waals surface area contributed by atoms with Crippen molar-refractivity contribution in [3.05, 3.63) is 85.4 Å². The first kappa shape index (κ1) is 24.5. The highest BCUT2D eigenvalue weighted by Gasteiger charge is 2.26. The van der Waals surface area contributed by atoms with E-state index in [-0.39, 0.29) is 4.90 Å². The van der Waals surface area contributed by atoms with E-state index in [2.05, 4.69) is 28.7 Å². The second kappa shape index (κ2) is 10.8. The van der Waals surface area contributed by atoms with Crippen molar-refractivity contribution in [2.75, 3.05) is 26.3 Å². The van der Waals surface area contributed by atoms with Gasteiger partial charge in [0.05, 0.1) is 40.6 Å². The monoisotopic (exact) mass is 636 g/mol. The highest BCUT2D eigenvalue weighted by atomic mass is 127. The van der Waals surface area contributed by atoms with E-state index >= 15 is 0 Å². The van der Waals surface area contributed by atoms with Crippen LogP contribution >= 0.6 is 45.3 Å². The normalized spacial score (nSPS) is 15.7. The quantitative estimate of drug-likeness (QED) is 0.221. The molecular weight excluding hydrogens is 615 g/mol. The lowest BCUT2D eigenvalue weighted by Crippen LogP contribution is -2.40. The molecule has 0 aliphatic carbocycles. The molecule has 0 unspecified atom stereocenters. The first-order chi connectivity index (χ1) is 17.0. The highest BCUT2D eigenvalue weighted by molar-refractivity contribution is 14.1. The number of hydrogen-bond acceptors (Lipinski definition) is 7. The van der Waals surface area contributed by atoms with Crippen LogP contribution in [0, 0.1) is 3.57 Å². The fraction of sp³-hybridized carbons (Fsp3) is 0.167. The van der Waals surface area contributed by atoms with Gasteiger partial charge in [-0.15, -0.1) is 22.7 Å². The molecule has 3 heterocycles. The number of thiophene rings is 1. The average Bonchev–Trinajstić information content (AvgIpc) is 3.55. The number of hydrogen-bond donors (Lipinski definition) is 0. The lowest BCUT2D eigenvalue weighted by molar-refractivity contribution is 0.0730. The zero-order chi connectivity index (χ0) is 24.3. The van der Waals surface area contributed by atoms with Crippen LogP contribution in [0.3, 0.4) is 0 Å². The van der Waals surface area contributed by atoms with Crippen molar-refractivity contribution in [3.63, 3.8) is 0 Å². The van der Waals surface area contributed by atoms with Crippen molar-refractivity contribution in [3.8, 4) is 10.6 Å². The average molecular weight is 637 g/mol. The van der Waals surface area contributed by atoms with Gasteiger partial charge < -0.3 is 4.74 Å². The number of sulfonamides is 1. The fourth-order valence-corrected chi connectivity index (χ4v) is 7.11. The van der Waals surface area contributed by atoms with Gasteiger partial charge in [-0.3, -0.25) is 0 Å². The molecule has 0 atom stereocenters. The van der Waals surface area contributed by atoms with Gasteiger partial charge in [0.15, 0.2) is 0 Å². The summed E-state index contributed by atoms with van der Waals surface area (Å²) in [5, 5.41) is 8.83. The maximum Gasteiger partial charge on any atom is 0.243 e. The molecular formula is C24H21IN4O3S3. The van der Waals surface area contributed by atoms with Crippen LogP contribution in [0.1, 0.15) is 5.56 Å². The van der Waals surface area contributed by atoms with Gasteiger partial charge in [0.2, 0.25) is 14.8 Å². The first-order valence-electron chi connectivity index (χ1n) is 10.8. The molecule has 7 nitrogen and oxygen atoms in total. The minimum Gasteiger partial charge on any atom is -0.379 e. The van der Waals surface area contributed by atoms with Crippen molar-refractivity contribution in [2.24, 2.45) is 10.1 Å². The Morgan fingerprint density at radius 1 is 0.971 bits per heavy atom. The molecule has 180 valence electrons. The van der Waals surface area contributed by atoms with E-state index in [0.29, 0.717) is 36.8 Å². The summed E-state index contributed by atoms with van der Waals surface area (Å²) in [5.74, 6) is 0. The van der Waals surface area contributed by atoms with Gasteiger partial charge in [-0.25, -0.2) is 18.1 Å². The third-order valence-electron chi connectivity index (χ3n) is 5.35. The number of halogens is 1. The van der Waals surface area contributed by atoms with Gasteiger partial charge in [0, 0.05) is 27.6 Å². The summed E-state index contributed by atoms with van der Waals surface area (Å²) in [6, 6.07) is 18.8. The molecule has 0 bridgehead atoms. The Labute approximate surface area is 225 Å². The Hall–Kier alpha value is -2.16. The first-order valence-corrected chi connectivity index (χ1v) is 15.1. The largest absolute Gasteiger partial charge is 0.379 e. The predicted molar refractivity (Wildman–Crippen MR) is 149 cm³/mol. The number of thiazole rings is 1. The van der Waals surface area contributed by atoms with Gasteiger partial charge in [-0.05, 0) is 64.4 Å². The van der Waals surface area contributed by atoms with Crippen LogP contribution in [0.15, 0.2) is 86.4 Å². The molecule has 11 heteroatoms. The van der Waals surface area contributed by atoms with E-state index in [1.165, 1.54) is 15.6 Å². The SMILES string of the molecule is O=S(=O)(c1ccc(N=c2scc(-c3cccs3)n2N=Cc2ccccc2I)cc1)N1CCOCC1. The van der Waals surface area contributed by atoms with E-state index < -0.39 is 10.0 Å². The number of ether oxygens (including phenoxy) is 1. The van der Waals surface area contributed by atoms with Crippen LogP contribution in [-0.4, -0.2) is 49.9 Å². The number of morpholine rings is 1. The molecule has 0 saturated carbocycles. The molecule has 5 rings (SSSR count). The van der Waals surface area contributed by atoms with Crippen molar-refractivity contribution in [1.82, 2.24) is 8.98 Å². The molecule has 35 heavy (non-hydrogen) atoms. The van der Waals surface area contributed by atoms with E-state index in [1.54, 1.807) is 35.6 Å². The van der Waals surface area contributed by atoms with Crippen LogP contribution in [0.5, 0.6) is 0 Å². The van der Waals surface area contributed by atoms with Crippen LogP contribution in [0.2, 0.25) is 0 Å². The second-order valence-electron chi connectivity index (χ2n) is 7.58. The highest BCUT2D eigenvalue weighted by Crippen LogP contribution is 2.26. The van der Waals surface area contributed by atoms with Crippen LogP contribution < -0.4 is 4.80 Å². The van der Waals surface area contributed by atoms with E-state index in [4.69, 9.17) is 14.8 Å². The molecule has 0 radical (unpaired) electrons. The topological polar surface area (TPSA) is 76.3 Å². The lowest BCUT2D eigenvalue weighted by atomic mass is 10.2. The van der Waals surface area contributed by atoms with Gasteiger partial charge in [0.25, 0.3) is 0 Å². The summed E-state index contributed by atoms with van der Waals surface area (Å²) < 4.78 is 35.5. The zero-order valence-corrected chi connectivity index (χ0v) is 23.1.